The number of thiazole rings is 1. The minimum absolute atomic E-state index is 1.03. The van der Waals surface area contributed by atoms with Gasteiger partial charge < -0.3 is 5.32 Å². The summed E-state index contributed by atoms with van der Waals surface area (Å²) in [6.07, 6.45) is 3.14. The van der Waals surface area contributed by atoms with E-state index in [1.165, 1.54) is 18.0 Å². The molecule has 0 bridgehead atoms. The summed E-state index contributed by atoms with van der Waals surface area (Å²) in [5.41, 5.74) is 0. The SMILES string of the molecule is c1csc(CN2CCCNCC2)n1. The molecule has 0 spiro atoms. The highest BCUT2D eigenvalue weighted by Crippen LogP contribution is 2.08. The van der Waals surface area contributed by atoms with Crippen LogP contribution in [0, 0.1) is 0 Å². The van der Waals surface area contributed by atoms with Crippen LogP contribution in [0.4, 0.5) is 0 Å². The van der Waals surface area contributed by atoms with Crippen molar-refractivity contribution in [3.05, 3.63) is 16.6 Å². The monoisotopic (exact) mass is 197 g/mol. The molecule has 1 aliphatic rings. The molecule has 1 fully saturated rings. The third-order valence-corrected chi connectivity index (χ3v) is 3.04. The third-order valence-electron chi connectivity index (χ3n) is 2.28. The predicted molar refractivity (Wildman–Crippen MR) is 54.9 cm³/mol. The number of hydrogen-bond acceptors (Lipinski definition) is 4. The molecule has 0 amide bonds. The van der Waals surface area contributed by atoms with Crippen molar-refractivity contribution in [3.8, 4) is 0 Å². The molecule has 1 aliphatic heterocycles. The van der Waals surface area contributed by atoms with E-state index in [4.69, 9.17) is 0 Å². The van der Waals surface area contributed by atoms with E-state index >= 15 is 0 Å². The Kier molecular flexibility index (Phi) is 3.29. The fourth-order valence-corrected chi connectivity index (χ4v) is 2.24. The Morgan fingerprint density at radius 3 is 3.31 bits per heavy atom. The van der Waals surface area contributed by atoms with E-state index in [-0.39, 0.29) is 0 Å². The number of rotatable bonds is 2. The lowest BCUT2D eigenvalue weighted by molar-refractivity contribution is 0.284. The van der Waals surface area contributed by atoms with Gasteiger partial charge in [0.25, 0.3) is 0 Å². The normalized spacial score (nSPS) is 20.0. The average Bonchev–Trinajstić information content (AvgIpc) is 2.49. The van der Waals surface area contributed by atoms with Gasteiger partial charge >= 0.3 is 0 Å². The smallest absolute Gasteiger partial charge is 0.107 e. The van der Waals surface area contributed by atoms with Gasteiger partial charge in [-0.15, -0.1) is 11.3 Å². The van der Waals surface area contributed by atoms with Gasteiger partial charge in [0.15, 0.2) is 0 Å². The molecule has 13 heavy (non-hydrogen) atoms. The van der Waals surface area contributed by atoms with Crippen molar-refractivity contribution in [1.29, 1.82) is 0 Å². The summed E-state index contributed by atoms with van der Waals surface area (Å²) in [6.45, 7) is 5.66. The molecule has 1 aromatic rings. The minimum atomic E-state index is 1.03. The molecule has 0 unspecified atom stereocenters. The van der Waals surface area contributed by atoms with Crippen molar-refractivity contribution in [3.63, 3.8) is 0 Å². The average molecular weight is 197 g/mol. The highest BCUT2D eigenvalue weighted by Gasteiger charge is 2.09. The summed E-state index contributed by atoms with van der Waals surface area (Å²) in [5.74, 6) is 0. The minimum Gasteiger partial charge on any atom is -0.315 e. The van der Waals surface area contributed by atoms with Gasteiger partial charge in [-0.2, -0.15) is 0 Å². The molecule has 2 rings (SSSR count). The number of nitrogens with zero attached hydrogens (tertiary/aromatic N) is 2. The molecule has 1 aromatic heterocycles. The van der Waals surface area contributed by atoms with Crippen LogP contribution in [0.15, 0.2) is 11.6 Å². The Hall–Kier alpha value is -0.450. The number of nitrogens with one attached hydrogen (secondary N) is 1. The van der Waals surface area contributed by atoms with Gasteiger partial charge in [-0.05, 0) is 19.5 Å². The second kappa shape index (κ2) is 4.69. The van der Waals surface area contributed by atoms with Crippen LogP contribution < -0.4 is 5.32 Å². The first-order valence-corrected chi connectivity index (χ1v) is 5.64. The van der Waals surface area contributed by atoms with Gasteiger partial charge in [-0.3, -0.25) is 4.90 Å². The topological polar surface area (TPSA) is 28.2 Å². The Balaban J connectivity index is 1.86. The van der Waals surface area contributed by atoms with Crippen LogP contribution in [0.3, 0.4) is 0 Å². The van der Waals surface area contributed by atoms with Crippen LogP contribution in [0.5, 0.6) is 0 Å². The molecule has 72 valence electrons. The number of hydrogen-bond donors (Lipinski definition) is 1. The summed E-state index contributed by atoms with van der Waals surface area (Å²) in [5, 5.41) is 6.68. The van der Waals surface area contributed by atoms with Crippen LogP contribution in [-0.2, 0) is 6.54 Å². The van der Waals surface area contributed by atoms with Crippen molar-refractivity contribution < 1.29 is 0 Å². The maximum absolute atomic E-state index is 4.30. The van der Waals surface area contributed by atoms with Gasteiger partial charge in [0, 0.05) is 24.7 Å². The van der Waals surface area contributed by atoms with Crippen molar-refractivity contribution in [2.75, 3.05) is 26.2 Å². The maximum Gasteiger partial charge on any atom is 0.107 e. The summed E-state index contributed by atoms with van der Waals surface area (Å²) in [4.78, 5) is 6.77. The van der Waals surface area contributed by atoms with Crippen LogP contribution in [0.2, 0.25) is 0 Å². The Morgan fingerprint density at radius 1 is 1.46 bits per heavy atom. The van der Waals surface area contributed by atoms with E-state index in [0.29, 0.717) is 0 Å². The quantitative estimate of drug-likeness (QED) is 0.765. The Bertz CT molecular complexity index is 227. The molecular weight excluding hydrogens is 182 g/mol. The van der Waals surface area contributed by atoms with E-state index in [1.54, 1.807) is 11.3 Å². The molecule has 0 aromatic carbocycles. The van der Waals surface area contributed by atoms with Gasteiger partial charge in [0.05, 0.1) is 6.54 Å². The predicted octanol–water partition coefficient (Wildman–Crippen LogP) is 0.938. The Labute approximate surface area is 82.8 Å². The second-order valence-corrected chi connectivity index (χ2v) is 4.28. The first kappa shape index (κ1) is 9.12. The van der Waals surface area contributed by atoms with E-state index in [1.807, 2.05) is 11.6 Å². The van der Waals surface area contributed by atoms with Crippen LogP contribution >= 0.6 is 11.3 Å². The molecule has 1 saturated heterocycles. The van der Waals surface area contributed by atoms with Crippen molar-refractivity contribution in [2.24, 2.45) is 0 Å². The van der Waals surface area contributed by atoms with E-state index < -0.39 is 0 Å². The zero-order valence-electron chi connectivity index (χ0n) is 7.70. The lowest BCUT2D eigenvalue weighted by Gasteiger charge is -2.17. The molecule has 0 radical (unpaired) electrons. The van der Waals surface area contributed by atoms with E-state index in [0.717, 1.165) is 26.2 Å². The standard InChI is InChI=1S/C9H15N3S/c1-2-10-3-6-12(5-1)8-9-11-4-7-13-9/h4,7,10H,1-3,5-6,8H2. The van der Waals surface area contributed by atoms with E-state index in [9.17, 15) is 0 Å². The van der Waals surface area contributed by atoms with Gasteiger partial charge in [-0.1, -0.05) is 0 Å². The lowest BCUT2D eigenvalue weighted by Crippen LogP contribution is -2.27. The molecular formula is C9H15N3S. The summed E-state index contributed by atoms with van der Waals surface area (Å²) in [7, 11) is 0. The second-order valence-electron chi connectivity index (χ2n) is 3.31. The number of aromatic nitrogens is 1. The van der Waals surface area contributed by atoms with Gasteiger partial charge in [0.1, 0.15) is 5.01 Å². The largest absolute Gasteiger partial charge is 0.315 e. The zero-order valence-corrected chi connectivity index (χ0v) is 8.52. The van der Waals surface area contributed by atoms with Crippen LogP contribution in [0.25, 0.3) is 0 Å². The molecule has 0 saturated carbocycles. The fraction of sp³-hybridized carbons (Fsp3) is 0.667. The molecule has 2 heterocycles. The van der Waals surface area contributed by atoms with E-state index in [2.05, 4.69) is 15.2 Å². The Morgan fingerprint density at radius 2 is 2.46 bits per heavy atom. The van der Waals surface area contributed by atoms with Crippen molar-refractivity contribution in [1.82, 2.24) is 15.2 Å². The highest BCUT2D eigenvalue weighted by molar-refractivity contribution is 7.09. The first-order valence-electron chi connectivity index (χ1n) is 4.76. The zero-order chi connectivity index (χ0) is 8.93. The summed E-state index contributed by atoms with van der Waals surface area (Å²) in [6, 6.07) is 0. The van der Waals surface area contributed by atoms with Crippen molar-refractivity contribution >= 4 is 11.3 Å². The summed E-state index contributed by atoms with van der Waals surface area (Å²) < 4.78 is 0. The fourth-order valence-electron chi connectivity index (χ4n) is 1.58. The molecule has 4 heteroatoms. The van der Waals surface area contributed by atoms with Crippen LogP contribution in [0.1, 0.15) is 11.4 Å². The molecule has 0 aliphatic carbocycles. The third kappa shape index (κ3) is 2.76. The van der Waals surface area contributed by atoms with Crippen molar-refractivity contribution in [2.45, 2.75) is 13.0 Å². The van der Waals surface area contributed by atoms with Crippen LogP contribution in [-0.4, -0.2) is 36.1 Å². The first-order chi connectivity index (χ1) is 6.45. The molecule has 1 N–H and O–H groups in total. The maximum atomic E-state index is 4.30. The molecule has 3 nitrogen and oxygen atoms in total. The highest BCUT2D eigenvalue weighted by atomic mass is 32.1. The summed E-state index contributed by atoms with van der Waals surface area (Å²) >= 11 is 1.75. The lowest BCUT2D eigenvalue weighted by atomic mass is 10.4. The molecule has 0 atom stereocenters. The van der Waals surface area contributed by atoms with Gasteiger partial charge in [0.2, 0.25) is 0 Å². The van der Waals surface area contributed by atoms with Gasteiger partial charge in [-0.25, -0.2) is 4.98 Å².